The quantitative estimate of drug-likeness (QED) is 0.459. The summed E-state index contributed by atoms with van der Waals surface area (Å²) in [7, 11) is 0. The van der Waals surface area contributed by atoms with Gasteiger partial charge in [0, 0.05) is 4.43 Å². The molecular formula is C3H4I2OS. The van der Waals surface area contributed by atoms with Gasteiger partial charge in [-0.1, -0.05) is 45.2 Å². The molecule has 1 atom stereocenters. The lowest BCUT2D eigenvalue weighted by Crippen LogP contribution is -2.06. The third-order valence-electron chi connectivity index (χ3n) is 0.403. The van der Waals surface area contributed by atoms with E-state index in [1.54, 1.807) is 0 Å². The number of alkyl halides is 2. The molecule has 1 unspecified atom stereocenters. The summed E-state index contributed by atoms with van der Waals surface area (Å²) >= 11 is 7.84. The van der Waals surface area contributed by atoms with E-state index in [2.05, 4.69) is 57.8 Å². The van der Waals surface area contributed by atoms with Crippen LogP contribution < -0.4 is 0 Å². The smallest absolute Gasteiger partial charge is 0.199 e. The van der Waals surface area contributed by atoms with Crippen molar-refractivity contribution in [2.45, 2.75) is 3.92 Å². The van der Waals surface area contributed by atoms with Crippen molar-refractivity contribution in [3.63, 3.8) is 0 Å². The number of hydrogen-bond donors (Lipinski definition) is 1. The Morgan fingerprint density at radius 1 is 1.86 bits per heavy atom. The van der Waals surface area contributed by atoms with Gasteiger partial charge in [-0.3, -0.25) is 4.79 Å². The summed E-state index contributed by atoms with van der Waals surface area (Å²) in [6.45, 7) is 0. The van der Waals surface area contributed by atoms with Crippen LogP contribution in [0.15, 0.2) is 0 Å². The lowest BCUT2D eigenvalue weighted by molar-refractivity contribution is -0.109. The highest BCUT2D eigenvalue weighted by Gasteiger charge is 2.05. The van der Waals surface area contributed by atoms with Crippen LogP contribution in [-0.4, -0.2) is 13.5 Å². The third-order valence-corrected chi connectivity index (χ3v) is 4.78. The average Bonchev–Trinajstić information content (AvgIpc) is 1.65. The van der Waals surface area contributed by atoms with Crippen LogP contribution in [0.5, 0.6) is 0 Å². The molecule has 0 aliphatic heterocycles. The second-order valence-electron chi connectivity index (χ2n) is 0.960. The minimum Gasteiger partial charge on any atom is -0.286 e. The average molecular weight is 342 g/mol. The molecule has 0 aliphatic carbocycles. The van der Waals surface area contributed by atoms with E-state index < -0.39 is 0 Å². The van der Waals surface area contributed by atoms with E-state index in [1.807, 2.05) is 0 Å². The van der Waals surface area contributed by atoms with Gasteiger partial charge in [0.1, 0.15) is 0 Å². The normalized spacial score (nSPS) is 13.6. The molecule has 0 saturated heterocycles. The molecule has 0 heterocycles. The Bertz CT molecular complexity index is 75.3. The van der Waals surface area contributed by atoms with Crippen LogP contribution in [0.3, 0.4) is 0 Å². The summed E-state index contributed by atoms with van der Waals surface area (Å²) in [6, 6.07) is 0. The van der Waals surface area contributed by atoms with Crippen molar-refractivity contribution in [1.82, 2.24) is 0 Å². The zero-order chi connectivity index (χ0) is 5.86. The maximum absolute atomic E-state index is 10.2. The van der Waals surface area contributed by atoms with Gasteiger partial charge in [0.15, 0.2) is 5.12 Å². The second-order valence-corrected chi connectivity index (χ2v) is 3.79. The first-order chi connectivity index (χ1) is 3.18. The summed E-state index contributed by atoms with van der Waals surface area (Å²) in [5.74, 6) is 0. The molecule has 0 radical (unpaired) electrons. The predicted octanol–water partition coefficient (Wildman–Crippen LogP) is 1.68. The van der Waals surface area contributed by atoms with E-state index in [0.29, 0.717) is 0 Å². The maximum atomic E-state index is 10.2. The zero-order valence-corrected chi connectivity index (χ0v) is 8.61. The molecule has 0 bridgehead atoms. The number of carbonyl (C=O) groups is 1. The van der Waals surface area contributed by atoms with Crippen molar-refractivity contribution in [1.29, 1.82) is 0 Å². The summed E-state index contributed by atoms with van der Waals surface area (Å²) in [5.41, 5.74) is 0. The molecule has 0 aromatic rings. The van der Waals surface area contributed by atoms with Crippen molar-refractivity contribution < 1.29 is 4.79 Å². The van der Waals surface area contributed by atoms with Crippen molar-refractivity contribution in [2.75, 3.05) is 4.43 Å². The van der Waals surface area contributed by atoms with Gasteiger partial charge in [-0.2, -0.15) is 0 Å². The Labute approximate surface area is 75.3 Å². The highest BCUT2D eigenvalue weighted by Crippen LogP contribution is 2.07. The van der Waals surface area contributed by atoms with Crippen LogP contribution in [0.25, 0.3) is 0 Å². The number of rotatable bonds is 2. The lowest BCUT2D eigenvalue weighted by Gasteiger charge is -1.93. The molecule has 4 heteroatoms. The summed E-state index contributed by atoms with van der Waals surface area (Å²) in [6.07, 6.45) is 0. The molecule has 0 amide bonds. The van der Waals surface area contributed by atoms with Gasteiger partial charge < -0.3 is 0 Å². The Kier molecular flexibility index (Phi) is 5.29. The number of carbonyl (C=O) groups excluding carboxylic acids is 1. The molecular weight excluding hydrogens is 338 g/mol. The fraction of sp³-hybridized carbons (Fsp3) is 0.667. The number of hydrogen-bond acceptors (Lipinski definition) is 1. The molecule has 0 aromatic carbocycles. The molecule has 0 saturated carbocycles. The van der Waals surface area contributed by atoms with E-state index in [0.717, 1.165) is 4.43 Å². The Morgan fingerprint density at radius 2 is 2.29 bits per heavy atom. The van der Waals surface area contributed by atoms with Gasteiger partial charge in [-0.05, 0) is 0 Å². The SMILES string of the molecule is O=C(S)C(I)CI. The summed E-state index contributed by atoms with van der Waals surface area (Å²) < 4.78 is 0.933. The Hall–Kier alpha value is 1.48. The fourth-order valence-electron chi connectivity index (χ4n) is 0.0660. The molecule has 7 heavy (non-hydrogen) atoms. The van der Waals surface area contributed by atoms with Crippen molar-refractivity contribution in [3.05, 3.63) is 0 Å². The lowest BCUT2D eigenvalue weighted by atomic mass is 10.6. The molecule has 0 fully saturated rings. The van der Waals surface area contributed by atoms with Gasteiger partial charge in [0.2, 0.25) is 0 Å². The van der Waals surface area contributed by atoms with Crippen LogP contribution in [0.2, 0.25) is 0 Å². The monoisotopic (exact) mass is 342 g/mol. The third kappa shape index (κ3) is 4.01. The molecule has 42 valence electrons. The Balaban J connectivity index is 3.34. The highest BCUT2D eigenvalue weighted by atomic mass is 127. The van der Waals surface area contributed by atoms with Crippen LogP contribution in [-0.2, 0) is 4.79 Å². The predicted molar refractivity (Wildman–Crippen MR) is 50.7 cm³/mol. The van der Waals surface area contributed by atoms with Crippen molar-refractivity contribution in [2.24, 2.45) is 0 Å². The van der Waals surface area contributed by atoms with Gasteiger partial charge >= 0.3 is 0 Å². The largest absolute Gasteiger partial charge is 0.286 e. The van der Waals surface area contributed by atoms with E-state index in [4.69, 9.17) is 0 Å². The van der Waals surface area contributed by atoms with E-state index in [-0.39, 0.29) is 9.04 Å². The van der Waals surface area contributed by atoms with Crippen LogP contribution in [0, 0.1) is 0 Å². The first-order valence-corrected chi connectivity index (χ1v) is 4.83. The fourth-order valence-corrected chi connectivity index (χ4v) is 0.906. The van der Waals surface area contributed by atoms with Crippen LogP contribution >= 0.6 is 57.8 Å². The van der Waals surface area contributed by atoms with Crippen molar-refractivity contribution in [3.8, 4) is 0 Å². The van der Waals surface area contributed by atoms with E-state index in [1.165, 1.54) is 0 Å². The topological polar surface area (TPSA) is 17.1 Å². The van der Waals surface area contributed by atoms with Gasteiger partial charge in [0.25, 0.3) is 0 Å². The molecule has 0 N–H and O–H groups in total. The zero-order valence-electron chi connectivity index (χ0n) is 3.40. The van der Waals surface area contributed by atoms with E-state index >= 15 is 0 Å². The second kappa shape index (κ2) is 4.37. The molecule has 1 nitrogen and oxygen atoms in total. The van der Waals surface area contributed by atoms with Gasteiger partial charge in [-0.15, -0.1) is 12.6 Å². The van der Waals surface area contributed by atoms with Crippen LogP contribution in [0.1, 0.15) is 0 Å². The van der Waals surface area contributed by atoms with Crippen molar-refractivity contribution >= 4 is 62.9 Å². The molecule has 0 aromatic heterocycles. The van der Waals surface area contributed by atoms with Gasteiger partial charge in [0.05, 0.1) is 3.92 Å². The minimum absolute atomic E-state index is 0.0324. The first-order valence-electron chi connectivity index (χ1n) is 1.61. The summed E-state index contributed by atoms with van der Waals surface area (Å²) in [4.78, 5) is 10.2. The minimum atomic E-state index is -0.0324. The summed E-state index contributed by atoms with van der Waals surface area (Å²) in [5, 5.41) is -0.0324. The van der Waals surface area contributed by atoms with Crippen LogP contribution in [0.4, 0.5) is 0 Å². The number of thiol groups is 1. The first kappa shape index (κ1) is 8.48. The maximum Gasteiger partial charge on any atom is 0.199 e. The standard InChI is InChI=1S/C3H4I2OS/c4-1-2(5)3(6)7/h2H,1H2,(H,6,7). The molecule has 0 spiro atoms. The number of halogens is 2. The molecule has 0 aliphatic rings. The van der Waals surface area contributed by atoms with E-state index in [9.17, 15) is 4.79 Å². The molecule has 0 rings (SSSR count). The Morgan fingerprint density at radius 3 is 2.29 bits per heavy atom. The van der Waals surface area contributed by atoms with Gasteiger partial charge in [-0.25, -0.2) is 0 Å². The highest BCUT2D eigenvalue weighted by molar-refractivity contribution is 14.1.